The van der Waals surface area contributed by atoms with Crippen molar-refractivity contribution in [3.63, 3.8) is 0 Å². The van der Waals surface area contributed by atoms with Crippen LogP contribution in [0, 0.1) is 0 Å². The Balaban J connectivity index is 1.86. The predicted octanol–water partition coefficient (Wildman–Crippen LogP) is 2.80. The number of ether oxygens (including phenoxy) is 2. The number of methoxy groups -OCH3 is 2. The maximum Gasteiger partial charge on any atom is 0.337 e. The lowest BCUT2D eigenvalue weighted by molar-refractivity contribution is 0.0600. The molecule has 0 bridgehead atoms. The van der Waals surface area contributed by atoms with Gasteiger partial charge in [-0.05, 0) is 54.2 Å². The molecule has 7 heteroatoms. The Morgan fingerprint density at radius 3 is 2.33 bits per heavy atom. The summed E-state index contributed by atoms with van der Waals surface area (Å²) in [7, 11) is 2.96. The molecule has 0 saturated carbocycles. The first-order valence-electron chi connectivity index (χ1n) is 7.05. The fourth-order valence-corrected chi connectivity index (χ4v) is 1.99. The molecule has 0 aliphatic rings. The molecule has 0 atom stereocenters. The molecule has 0 unspecified atom stereocenters. The number of carbonyl (C=O) groups is 1. The fraction of sp³-hybridized carbons (Fsp3) is 0.118. The van der Waals surface area contributed by atoms with Gasteiger partial charge in [-0.2, -0.15) is 5.10 Å². The summed E-state index contributed by atoms with van der Waals surface area (Å²) in [6.07, 6.45) is 1.60. The van der Waals surface area contributed by atoms with Crippen LogP contribution in [0.4, 0.5) is 5.69 Å². The Morgan fingerprint density at radius 2 is 1.75 bits per heavy atom. The minimum atomic E-state index is -0.374. The Hall–Kier alpha value is -2.93. The topological polar surface area (TPSA) is 72.0 Å². The molecule has 24 heavy (non-hydrogen) atoms. The van der Waals surface area contributed by atoms with Crippen LogP contribution in [0.15, 0.2) is 53.6 Å². The van der Waals surface area contributed by atoms with Gasteiger partial charge in [0.1, 0.15) is 5.75 Å². The van der Waals surface area contributed by atoms with Crippen LogP contribution in [0.25, 0.3) is 0 Å². The highest BCUT2D eigenvalue weighted by Crippen LogP contribution is 2.14. The van der Waals surface area contributed by atoms with E-state index in [9.17, 15) is 4.79 Å². The summed E-state index contributed by atoms with van der Waals surface area (Å²) in [5, 5.41) is 7.41. The lowest BCUT2D eigenvalue weighted by Crippen LogP contribution is -2.23. The third kappa shape index (κ3) is 5.06. The number of hydrogen-bond acceptors (Lipinski definition) is 5. The zero-order valence-corrected chi connectivity index (χ0v) is 14.1. The Labute approximate surface area is 145 Å². The molecule has 0 aliphatic carbocycles. The standard InChI is InChI=1S/C17H17N3O3S/c1-22-15-9-7-14(8-10-15)19-17(24)20-18-11-12-3-5-13(6-4-12)16(21)23-2/h3-11H,1-2H3,(H2,19,20,24)/b18-11-. The minimum Gasteiger partial charge on any atom is -0.497 e. The van der Waals surface area contributed by atoms with Gasteiger partial charge in [-0.15, -0.1) is 0 Å². The lowest BCUT2D eigenvalue weighted by atomic mass is 10.1. The second-order valence-electron chi connectivity index (χ2n) is 4.67. The zero-order valence-electron chi connectivity index (χ0n) is 13.3. The minimum absolute atomic E-state index is 0.364. The van der Waals surface area contributed by atoms with Gasteiger partial charge in [0.2, 0.25) is 0 Å². The predicted molar refractivity (Wildman–Crippen MR) is 97.7 cm³/mol. The Morgan fingerprint density at radius 1 is 1.08 bits per heavy atom. The molecule has 0 amide bonds. The van der Waals surface area contributed by atoms with Crippen LogP contribution >= 0.6 is 12.2 Å². The first-order valence-corrected chi connectivity index (χ1v) is 7.45. The van der Waals surface area contributed by atoms with Gasteiger partial charge >= 0.3 is 5.97 Å². The van der Waals surface area contributed by atoms with E-state index >= 15 is 0 Å². The SMILES string of the molecule is COC(=O)c1ccc(/C=N\NC(=S)Nc2ccc(OC)cc2)cc1. The molecular weight excluding hydrogens is 326 g/mol. The summed E-state index contributed by atoms with van der Waals surface area (Å²) in [4.78, 5) is 11.3. The first-order chi connectivity index (χ1) is 11.6. The molecule has 0 radical (unpaired) electrons. The van der Waals surface area contributed by atoms with Crippen molar-refractivity contribution in [2.24, 2.45) is 5.10 Å². The van der Waals surface area contributed by atoms with Gasteiger partial charge in [-0.1, -0.05) is 12.1 Å². The van der Waals surface area contributed by atoms with E-state index in [2.05, 4.69) is 20.6 Å². The summed E-state index contributed by atoms with van der Waals surface area (Å²) in [5.41, 5.74) is 4.86. The van der Waals surface area contributed by atoms with E-state index in [1.165, 1.54) is 7.11 Å². The normalized spacial score (nSPS) is 10.2. The maximum absolute atomic E-state index is 11.3. The number of hydrazone groups is 1. The molecule has 0 aromatic heterocycles. The molecular formula is C17H17N3O3S. The average molecular weight is 343 g/mol. The fourth-order valence-electron chi connectivity index (χ4n) is 1.82. The summed E-state index contributed by atoms with van der Waals surface area (Å²) in [6, 6.07) is 14.2. The van der Waals surface area contributed by atoms with Crippen molar-refractivity contribution in [1.29, 1.82) is 0 Å². The van der Waals surface area contributed by atoms with Gasteiger partial charge in [0.15, 0.2) is 5.11 Å². The van der Waals surface area contributed by atoms with Crippen molar-refractivity contribution < 1.29 is 14.3 Å². The lowest BCUT2D eigenvalue weighted by Gasteiger charge is -2.07. The third-order valence-electron chi connectivity index (χ3n) is 3.06. The van der Waals surface area contributed by atoms with E-state index in [4.69, 9.17) is 17.0 Å². The number of hydrogen-bond donors (Lipinski definition) is 2. The smallest absolute Gasteiger partial charge is 0.337 e. The number of nitrogens with zero attached hydrogens (tertiary/aromatic N) is 1. The number of thiocarbonyl (C=S) groups is 1. The van der Waals surface area contributed by atoms with Gasteiger partial charge in [0.05, 0.1) is 26.0 Å². The van der Waals surface area contributed by atoms with E-state index in [1.54, 1.807) is 37.6 Å². The van der Waals surface area contributed by atoms with Crippen molar-refractivity contribution in [1.82, 2.24) is 5.43 Å². The van der Waals surface area contributed by atoms with Crippen LogP contribution in [0.1, 0.15) is 15.9 Å². The number of rotatable bonds is 5. The summed E-state index contributed by atoms with van der Waals surface area (Å²) >= 11 is 5.15. The molecule has 2 N–H and O–H groups in total. The van der Waals surface area contributed by atoms with Crippen molar-refractivity contribution in [2.45, 2.75) is 0 Å². The van der Waals surface area contributed by atoms with Gasteiger partial charge in [0.25, 0.3) is 0 Å². The average Bonchev–Trinajstić information content (AvgIpc) is 2.62. The molecule has 124 valence electrons. The molecule has 0 aliphatic heterocycles. The monoisotopic (exact) mass is 343 g/mol. The molecule has 6 nitrogen and oxygen atoms in total. The van der Waals surface area contributed by atoms with Crippen LogP contribution < -0.4 is 15.5 Å². The summed E-state index contributed by atoms with van der Waals surface area (Å²) in [5.74, 6) is 0.398. The Kier molecular flexibility index (Phi) is 6.27. The van der Waals surface area contributed by atoms with Crippen molar-refractivity contribution >= 4 is 35.2 Å². The number of anilines is 1. The van der Waals surface area contributed by atoms with E-state index in [0.29, 0.717) is 10.7 Å². The summed E-state index contributed by atoms with van der Waals surface area (Å²) < 4.78 is 9.73. The van der Waals surface area contributed by atoms with Gasteiger partial charge in [0, 0.05) is 5.69 Å². The van der Waals surface area contributed by atoms with Crippen LogP contribution in [0.5, 0.6) is 5.75 Å². The van der Waals surface area contributed by atoms with Crippen LogP contribution in [-0.2, 0) is 4.74 Å². The van der Waals surface area contributed by atoms with Gasteiger partial charge < -0.3 is 14.8 Å². The second kappa shape index (κ2) is 8.64. The van der Waals surface area contributed by atoms with Crippen LogP contribution in [0.3, 0.4) is 0 Å². The van der Waals surface area contributed by atoms with Crippen molar-refractivity contribution in [2.75, 3.05) is 19.5 Å². The molecule has 2 rings (SSSR count). The highest BCUT2D eigenvalue weighted by Gasteiger charge is 2.03. The van der Waals surface area contributed by atoms with Crippen LogP contribution in [-0.4, -0.2) is 31.5 Å². The number of esters is 1. The molecule has 2 aromatic carbocycles. The summed E-state index contributed by atoms with van der Waals surface area (Å²) in [6.45, 7) is 0. The van der Waals surface area contributed by atoms with E-state index in [0.717, 1.165) is 17.0 Å². The Bertz CT molecular complexity index is 728. The van der Waals surface area contributed by atoms with E-state index < -0.39 is 0 Å². The van der Waals surface area contributed by atoms with E-state index in [-0.39, 0.29) is 5.97 Å². The van der Waals surface area contributed by atoms with Crippen LogP contribution in [0.2, 0.25) is 0 Å². The quantitative estimate of drug-likeness (QED) is 0.376. The maximum atomic E-state index is 11.3. The first kappa shape index (κ1) is 17.4. The molecule has 2 aromatic rings. The number of nitrogens with one attached hydrogen (secondary N) is 2. The molecule has 0 fully saturated rings. The van der Waals surface area contributed by atoms with Gasteiger partial charge in [-0.25, -0.2) is 4.79 Å². The number of carbonyl (C=O) groups excluding carboxylic acids is 1. The van der Waals surface area contributed by atoms with Gasteiger partial charge in [-0.3, -0.25) is 5.43 Å². The number of benzene rings is 2. The van der Waals surface area contributed by atoms with Crippen molar-refractivity contribution in [3.8, 4) is 5.75 Å². The zero-order chi connectivity index (χ0) is 17.4. The third-order valence-corrected chi connectivity index (χ3v) is 3.25. The largest absolute Gasteiger partial charge is 0.497 e. The van der Waals surface area contributed by atoms with E-state index in [1.807, 2.05) is 24.3 Å². The highest BCUT2D eigenvalue weighted by molar-refractivity contribution is 7.80. The van der Waals surface area contributed by atoms with Crippen molar-refractivity contribution in [3.05, 3.63) is 59.7 Å². The second-order valence-corrected chi connectivity index (χ2v) is 5.07. The molecule has 0 spiro atoms. The molecule has 0 saturated heterocycles. The highest BCUT2D eigenvalue weighted by atomic mass is 32.1. The molecule has 0 heterocycles.